The molecule has 4 aromatic heterocycles. The molecule has 0 saturated carbocycles. The van der Waals surface area contributed by atoms with Crippen LogP contribution in [0.2, 0.25) is 10.3 Å². The van der Waals surface area contributed by atoms with Crippen LogP contribution in [0.1, 0.15) is 50.3 Å². The Morgan fingerprint density at radius 1 is 0.786 bits per heavy atom. The van der Waals surface area contributed by atoms with Gasteiger partial charge in [-0.15, -0.1) is 0 Å². The first-order chi connectivity index (χ1) is 19.9. The van der Waals surface area contributed by atoms with Crippen molar-refractivity contribution < 1.29 is 27.9 Å². The maximum Gasteiger partial charge on any atom is 0.408 e. The number of aromatic nitrogens is 5. The summed E-state index contributed by atoms with van der Waals surface area (Å²) >= 11 is 11.5. The third-order valence-electron chi connectivity index (χ3n) is 4.83. The molecule has 0 aromatic carbocycles. The van der Waals surface area contributed by atoms with E-state index in [0.29, 0.717) is 32.6 Å². The number of rotatable bonds is 3. The Balaban J connectivity index is 0.000000240. The molecule has 0 radical (unpaired) electrons. The van der Waals surface area contributed by atoms with Gasteiger partial charge in [0.05, 0.1) is 5.56 Å². The van der Waals surface area contributed by atoms with E-state index in [1.54, 1.807) is 30.5 Å². The van der Waals surface area contributed by atoms with Gasteiger partial charge in [-0.2, -0.15) is 13.2 Å². The Bertz CT molecular complexity index is 1690. The summed E-state index contributed by atoms with van der Waals surface area (Å²) in [7, 11) is 0. The predicted octanol–water partition coefficient (Wildman–Crippen LogP) is 4.83. The molecule has 0 fully saturated rings. The normalized spacial score (nSPS) is 10.9. The van der Waals surface area contributed by atoms with Crippen LogP contribution in [-0.4, -0.2) is 54.1 Å². The molecule has 212 valence electrons. The van der Waals surface area contributed by atoms with Gasteiger partial charge in [-0.25, -0.2) is 29.7 Å². The van der Waals surface area contributed by atoms with E-state index >= 15 is 0 Å². The third-order valence-corrected chi connectivity index (χ3v) is 5.25. The first kappa shape index (κ1) is 31.5. The van der Waals surface area contributed by atoms with Crippen LogP contribution in [0.5, 0.6) is 0 Å². The van der Waals surface area contributed by atoms with Crippen LogP contribution in [0, 0.1) is 23.7 Å². The van der Waals surface area contributed by atoms with Gasteiger partial charge in [-0.1, -0.05) is 46.9 Å². The number of carbonyl (C=O) groups excluding carboxylic acids is 1. The van der Waals surface area contributed by atoms with Crippen LogP contribution in [0.15, 0.2) is 67.4 Å². The molecule has 0 spiro atoms. The zero-order valence-corrected chi connectivity index (χ0v) is 22.8. The number of pyridine rings is 3. The SMILES string of the molecule is CC(NC(=O)c1ccc(C#Cc2ccnc(Cl)c2)cn1)C(F)(F)F.O=C(O)c1ncc(C#Cc2ccnc(Cl)c2)cn1. The van der Waals surface area contributed by atoms with E-state index in [1.165, 1.54) is 36.9 Å². The second-order valence-corrected chi connectivity index (χ2v) is 8.78. The molecule has 0 aliphatic heterocycles. The molecule has 4 heterocycles. The summed E-state index contributed by atoms with van der Waals surface area (Å²) < 4.78 is 37.2. The molecule has 42 heavy (non-hydrogen) atoms. The van der Waals surface area contributed by atoms with Crippen LogP contribution < -0.4 is 5.32 Å². The molecule has 4 rings (SSSR count). The van der Waals surface area contributed by atoms with Crippen LogP contribution in [0.4, 0.5) is 13.2 Å². The van der Waals surface area contributed by atoms with Crippen molar-refractivity contribution in [3.63, 3.8) is 0 Å². The molecule has 4 aromatic rings. The van der Waals surface area contributed by atoms with Gasteiger partial charge >= 0.3 is 12.1 Å². The zero-order valence-electron chi connectivity index (χ0n) is 21.3. The standard InChI is InChI=1S/C16H11ClF3N3O.C12H6ClN3O2/c1-10(16(18,19)20)23-15(24)13-5-4-12(9-22-13)3-2-11-6-7-21-14(17)8-11;13-10-5-8(3-4-14-10)1-2-9-6-15-11(12(17)18)16-7-9/h4-10H,1H3,(H,23,24);3-7H,(H,17,18). The van der Waals surface area contributed by atoms with E-state index in [4.69, 9.17) is 28.3 Å². The van der Waals surface area contributed by atoms with Gasteiger partial charge in [0, 0.05) is 47.7 Å². The lowest BCUT2D eigenvalue weighted by Gasteiger charge is -2.16. The summed E-state index contributed by atoms with van der Waals surface area (Å²) in [6, 6.07) is 7.45. The fraction of sp³-hybridized carbons (Fsp3) is 0.107. The van der Waals surface area contributed by atoms with Crippen molar-refractivity contribution in [3.8, 4) is 23.7 Å². The first-order valence-electron chi connectivity index (χ1n) is 11.6. The molecule has 9 nitrogen and oxygen atoms in total. The number of nitrogens with one attached hydrogen (secondary N) is 1. The number of alkyl halides is 3. The second-order valence-electron chi connectivity index (χ2n) is 8.00. The molecule has 0 aliphatic rings. The number of carbonyl (C=O) groups is 2. The summed E-state index contributed by atoms with van der Waals surface area (Å²) in [4.78, 5) is 41.0. The quantitative estimate of drug-likeness (QED) is 0.248. The minimum atomic E-state index is -4.51. The van der Waals surface area contributed by atoms with Gasteiger partial charge in [0.2, 0.25) is 5.82 Å². The highest BCUT2D eigenvalue weighted by atomic mass is 35.5. The average Bonchev–Trinajstić information content (AvgIpc) is 2.95. The fourth-order valence-electron chi connectivity index (χ4n) is 2.71. The number of halogens is 5. The van der Waals surface area contributed by atoms with E-state index in [0.717, 1.165) is 6.92 Å². The Kier molecular flexibility index (Phi) is 10.9. The van der Waals surface area contributed by atoms with Crippen molar-refractivity contribution in [3.05, 3.63) is 111 Å². The van der Waals surface area contributed by atoms with Crippen molar-refractivity contribution in [1.82, 2.24) is 30.2 Å². The molecule has 2 N–H and O–H groups in total. The summed E-state index contributed by atoms with van der Waals surface area (Å²) in [5.74, 6) is 8.97. The van der Waals surface area contributed by atoms with E-state index in [1.807, 2.05) is 5.32 Å². The summed E-state index contributed by atoms with van der Waals surface area (Å²) in [6.07, 6.45) is 2.57. The van der Waals surface area contributed by atoms with Crippen molar-refractivity contribution >= 4 is 35.1 Å². The topological polar surface area (TPSA) is 131 Å². The Morgan fingerprint density at radius 2 is 1.29 bits per heavy atom. The average molecular weight is 613 g/mol. The number of aromatic carboxylic acids is 1. The van der Waals surface area contributed by atoms with Crippen molar-refractivity contribution in [1.29, 1.82) is 0 Å². The summed E-state index contributed by atoms with van der Waals surface area (Å²) in [6.45, 7) is 0.859. The maximum atomic E-state index is 12.4. The third kappa shape index (κ3) is 10.2. The minimum Gasteiger partial charge on any atom is -0.475 e. The van der Waals surface area contributed by atoms with Gasteiger partial charge in [0.25, 0.3) is 5.91 Å². The number of nitrogens with zero attached hydrogens (tertiary/aromatic N) is 5. The Hall–Kier alpha value is -5.04. The maximum absolute atomic E-state index is 12.4. The van der Waals surface area contributed by atoms with Crippen LogP contribution >= 0.6 is 23.2 Å². The van der Waals surface area contributed by atoms with Crippen LogP contribution in [0.3, 0.4) is 0 Å². The largest absolute Gasteiger partial charge is 0.475 e. The van der Waals surface area contributed by atoms with Crippen molar-refractivity contribution in [2.45, 2.75) is 19.1 Å². The van der Waals surface area contributed by atoms with Crippen molar-refractivity contribution in [2.24, 2.45) is 0 Å². The highest BCUT2D eigenvalue weighted by Gasteiger charge is 2.37. The molecule has 0 saturated heterocycles. The van der Waals surface area contributed by atoms with E-state index in [-0.39, 0.29) is 11.5 Å². The van der Waals surface area contributed by atoms with Crippen LogP contribution in [-0.2, 0) is 0 Å². The van der Waals surface area contributed by atoms with Gasteiger partial charge in [-0.05, 0) is 43.3 Å². The second kappa shape index (κ2) is 14.6. The molecule has 0 aliphatic carbocycles. The molecular formula is C28H17Cl2F3N6O3. The van der Waals surface area contributed by atoms with E-state index in [9.17, 15) is 22.8 Å². The lowest BCUT2D eigenvalue weighted by atomic mass is 10.2. The highest BCUT2D eigenvalue weighted by molar-refractivity contribution is 6.29. The van der Waals surface area contributed by atoms with E-state index < -0.39 is 24.1 Å². The Labute approximate surface area is 247 Å². The van der Waals surface area contributed by atoms with Gasteiger partial charge in [0.1, 0.15) is 22.0 Å². The van der Waals surface area contributed by atoms with E-state index in [2.05, 4.69) is 48.6 Å². The number of carboxylic acids is 1. The molecule has 0 bridgehead atoms. The zero-order chi connectivity index (χ0) is 30.7. The monoisotopic (exact) mass is 612 g/mol. The van der Waals surface area contributed by atoms with Crippen LogP contribution in [0.25, 0.3) is 0 Å². The number of carboxylic acid groups (broad SMARTS) is 1. The van der Waals surface area contributed by atoms with Gasteiger partial charge in [0.15, 0.2) is 0 Å². The molecular weight excluding hydrogens is 596 g/mol. The number of hydrogen-bond donors (Lipinski definition) is 2. The molecule has 1 unspecified atom stereocenters. The molecule has 1 atom stereocenters. The first-order valence-corrected chi connectivity index (χ1v) is 12.3. The Morgan fingerprint density at radius 3 is 1.74 bits per heavy atom. The summed E-state index contributed by atoms with van der Waals surface area (Å²) in [5, 5.41) is 11.1. The van der Waals surface area contributed by atoms with Gasteiger partial charge < -0.3 is 10.4 Å². The minimum absolute atomic E-state index is 0.122. The molecule has 1 amide bonds. The summed E-state index contributed by atoms with van der Waals surface area (Å²) in [5.41, 5.74) is 2.26. The fourth-order valence-corrected chi connectivity index (χ4v) is 3.05. The van der Waals surface area contributed by atoms with Gasteiger partial charge in [-0.3, -0.25) is 4.79 Å². The highest BCUT2D eigenvalue weighted by Crippen LogP contribution is 2.19. The lowest BCUT2D eigenvalue weighted by molar-refractivity contribution is -0.149. The number of amides is 1. The smallest absolute Gasteiger partial charge is 0.408 e. The lowest BCUT2D eigenvalue weighted by Crippen LogP contribution is -2.43. The van der Waals surface area contributed by atoms with Crippen molar-refractivity contribution in [2.75, 3.05) is 0 Å². The predicted molar refractivity (Wildman–Crippen MR) is 147 cm³/mol. The number of hydrogen-bond acceptors (Lipinski definition) is 7. The molecule has 14 heteroatoms.